The van der Waals surface area contributed by atoms with E-state index in [1.165, 1.54) is 20.0 Å². The van der Waals surface area contributed by atoms with Crippen molar-refractivity contribution in [1.82, 2.24) is 0 Å². The number of fused-ring (bicyclic) bond motifs is 2. The minimum atomic E-state index is -0.569. The summed E-state index contributed by atoms with van der Waals surface area (Å²) >= 11 is 0. The van der Waals surface area contributed by atoms with Gasteiger partial charge in [0, 0.05) is 11.8 Å². The van der Waals surface area contributed by atoms with Gasteiger partial charge in [0.2, 0.25) is 0 Å². The highest BCUT2D eigenvalue weighted by molar-refractivity contribution is 5.71. The van der Waals surface area contributed by atoms with Gasteiger partial charge in [0.05, 0.1) is 24.7 Å². The Hall–Kier alpha value is -1.36. The molecule has 1 heterocycles. The molecule has 3 aliphatic rings. The van der Waals surface area contributed by atoms with E-state index >= 15 is 0 Å². The third-order valence-corrected chi connectivity index (χ3v) is 8.41. The molecule has 31 heavy (non-hydrogen) atoms. The third kappa shape index (κ3) is 4.44. The molecule has 5 heteroatoms. The molecule has 3 rings (SSSR count). The molecule has 0 radical (unpaired) electrons. The zero-order chi connectivity index (χ0) is 23.1. The second-order valence-electron chi connectivity index (χ2n) is 11.7. The first-order valence-electron chi connectivity index (χ1n) is 12.0. The molecule has 0 aromatic carbocycles. The fourth-order valence-electron chi connectivity index (χ4n) is 6.80. The highest BCUT2D eigenvalue weighted by Crippen LogP contribution is 2.66. The minimum absolute atomic E-state index is 0.0584. The van der Waals surface area contributed by atoms with Crippen molar-refractivity contribution < 1.29 is 23.8 Å². The lowest BCUT2D eigenvalue weighted by Gasteiger charge is -2.61. The summed E-state index contributed by atoms with van der Waals surface area (Å²) in [5.41, 5.74) is 0.183. The highest BCUT2D eigenvalue weighted by atomic mass is 16.6. The Morgan fingerprint density at radius 2 is 1.81 bits per heavy atom. The molecule has 2 aliphatic carbocycles. The van der Waals surface area contributed by atoms with Crippen LogP contribution >= 0.6 is 0 Å². The molecule has 5 nitrogen and oxygen atoms in total. The second-order valence-corrected chi connectivity index (χ2v) is 11.7. The van der Waals surface area contributed by atoms with Crippen molar-refractivity contribution in [2.24, 2.45) is 22.7 Å². The number of hydrogen-bond acceptors (Lipinski definition) is 5. The summed E-state index contributed by atoms with van der Waals surface area (Å²) in [5, 5.41) is 0. The standard InChI is InChI=1S/C26H42O5/c1-18(2)15-21(27)30-17-19-9-10-20-23(3,4)11-8-12-25(20,6)26(19)14-13-24(5,31-26)16-22(28)29-7/h9,18,20H,8,10-17H2,1-7H3/t20-,24-,25-,26+/m0/s1. The van der Waals surface area contributed by atoms with Gasteiger partial charge >= 0.3 is 11.9 Å². The summed E-state index contributed by atoms with van der Waals surface area (Å²) in [7, 11) is 1.43. The van der Waals surface area contributed by atoms with Gasteiger partial charge < -0.3 is 14.2 Å². The molecule has 4 atom stereocenters. The first-order chi connectivity index (χ1) is 14.4. The molecule has 0 amide bonds. The molecular formula is C26H42O5. The average Bonchev–Trinajstić information content (AvgIpc) is 3.00. The van der Waals surface area contributed by atoms with Gasteiger partial charge in [0.25, 0.3) is 0 Å². The van der Waals surface area contributed by atoms with Gasteiger partial charge in [0.1, 0.15) is 6.61 Å². The van der Waals surface area contributed by atoms with E-state index in [0.717, 1.165) is 31.3 Å². The number of rotatable bonds is 6. The minimum Gasteiger partial charge on any atom is -0.469 e. The fraction of sp³-hybridized carbons (Fsp3) is 0.846. The topological polar surface area (TPSA) is 61.8 Å². The molecule has 1 saturated carbocycles. The van der Waals surface area contributed by atoms with Crippen molar-refractivity contribution in [3.63, 3.8) is 0 Å². The van der Waals surface area contributed by atoms with Crippen LogP contribution in [-0.2, 0) is 23.8 Å². The maximum Gasteiger partial charge on any atom is 0.308 e. The Morgan fingerprint density at radius 3 is 2.45 bits per heavy atom. The number of allylic oxidation sites excluding steroid dienone is 1. The smallest absolute Gasteiger partial charge is 0.308 e. The van der Waals surface area contributed by atoms with E-state index in [-0.39, 0.29) is 41.7 Å². The van der Waals surface area contributed by atoms with Crippen molar-refractivity contribution in [3.05, 3.63) is 11.6 Å². The van der Waals surface area contributed by atoms with Crippen LogP contribution in [0.3, 0.4) is 0 Å². The number of carbonyl (C=O) groups is 2. The SMILES string of the molecule is COC(=O)C[C@]1(C)CC[C@@]2(O1)C(COC(=O)CC(C)C)=CC[C@H]1C(C)(C)CCC[C@@]12C. The average molecular weight is 435 g/mol. The van der Waals surface area contributed by atoms with Gasteiger partial charge in [-0.1, -0.05) is 47.1 Å². The van der Waals surface area contributed by atoms with Gasteiger partial charge in [-0.15, -0.1) is 0 Å². The van der Waals surface area contributed by atoms with Crippen molar-refractivity contribution in [3.8, 4) is 0 Å². The van der Waals surface area contributed by atoms with E-state index in [2.05, 4.69) is 26.8 Å². The summed E-state index contributed by atoms with van der Waals surface area (Å²) in [6.07, 6.45) is 9.05. The first kappa shape index (κ1) is 24.3. The predicted molar refractivity (Wildman–Crippen MR) is 120 cm³/mol. The monoisotopic (exact) mass is 434 g/mol. The van der Waals surface area contributed by atoms with Gasteiger partial charge in [0.15, 0.2) is 0 Å². The van der Waals surface area contributed by atoms with E-state index in [1.807, 2.05) is 20.8 Å². The van der Waals surface area contributed by atoms with Crippen LogP contribution in [0.15, 0.2) is 11.6 Å². The molecule has 1 spiro atoms. The quantitative estimate of drug-likeness (QED) is 0.402. The number of methoxy groups -OCH3 is 1. The molecule has 0 aromatic rings. The molecule has 2 fully saturated rings. The van der Waals surface area contributed by atoms with Crippen LogP contribution in [0.5, 0.6) is 0 Å². The number of esters is 2. The van der Waals surface area contributed by atoms with Crippen LogP contribution in [0.1, 0.15) is 92.9 Å². The highest BCUT2D eigenvalue weighted by Gasteiger charge is 2.65. The van der Waals surface area contributed by atoms with Crippen LogP contribution in [0, 0.1) is 22.7 Å². The summed E-state index contributed by atoms with van der Waals surface area (Å²) < 4.78 is 17.7. The van der Waals surface area contributed by atoms with Crippen molar-refractivity contribution in [2.75, 3.05) is 13.7 Å². The Morgan fingerprint density at radius 1 is 1.10 bits per heavy atom. The fourth-order valence-corrected chi connectivity index (χ4v) is 6.80. The predicted octanol–water partition coefficient (Wildman–Crippen LogP) is 5.61. The van der Waals surface area contributed by atoms with Crippen molar-refractivity contribution in [1.29, 1.82) is 0 Å². The van der Waals surface area contributed by atoms with Crippen LogP contribution in [0.4, 0.5) is 0 Å². The summed E-state index contributed by atoms with van der Waals surface area (Å²) in [4.78, 5) is 24.4. The van der Waals surface area contributed by atoms with E-state index in [1.54, 1.807) is 0 Å². The Balaban J connectivity index is 1.95. The lowest BCUT2D eigenvalue weighted by atomic mass is 9.46. The molecule has 0 bridgehead atoms. The lowest BCUT2D eigenvalue weighted by molar-refractivity contribution is -0.196. The lowest BCUT2D eigenvalue weighted by Crippen LogP contribution is -2.60. The molecule has 176 valence electrons. The van der Waals surface area contributed by atoms with Crippen LogP contribution < -0.4 is 0 Å². The van der Waals surface area contributed by atoms with Crippen LogP contribution in [0.2, 0.25) is 0 Å². The van der Waals surface area contributed by atoms with E-state index in [4.69, 9.17) is 14.2 Å². The molecule has 0 N–H and O–H groups in total. The summed E-state index contributed by atoms with van der Waals surface area (Å²) in [6, 6.07) is 0. The van der Waals surface area contributed by atoms with E-state index < -0.39 is 11.2 Å². The summed E-state index contributed by atoms with van der Waals surface area (Å²) in [5.74, 6) is 0.366. The summed E-state index contributed by atoms with van der Waals surface area (Å²) in [6.45, 7) is 13.5. The third-order valence-electron chi connectivity index (χ3n) is 8.41. The number of carbonyl (C=O) groups excluding carboxylic acids is 2. The van der Waals surface area contributed by atoms with Gasteiger partial charge in [-0.2, -0.15) is 0 Å². The van der Waals surface area contributed by atoms with Gasteiger partial charge in [-0.25, -0.2) is 0 Å². The Kier molecular flexibility index (Phi) is 6.68. The molecule has 0 aromatic heterocycles. The number of hydrogen-bond donors (Lipinski definition) is 0. The van der Waals surface area contributed by atoms with Crippen LogP contribution in [0.25, 0.3) is 0 Å². The first-order valence-corrected chi connectivity index (χ1v) is 12.0. The molecule has 1 saturated heterocycles. The van der Waals surface area contributed by atoms with Gasteiger partial charge in [-0.3, -0.25) is 9.59 Å². The zero-order valence-electron chi connectivity index (χ0n) is 20.6. The second kappa shape index (κ2) is 8.53. The molecule has 0 unspecified atom stereocenters. The van der Waals surface area contributed by atoms with Crippen molar-refractivity contribution >= 4 is 11.9 Å². The normalized spacial score (nSPS) is 36.8. The van der Waals surface area contributed by atoms with Gasteiger partial charge in [-0.05, 0) is 61.9 Å². The molecular weight excluding hydrogens is 392 g/mol. The van der Waals surface area contributed by atoms with Crippen LogP contribution in [-0.4, -0.2) is 36.9 Å². The van der Waals surface area contributed by atoms with E-state index in [9.17, 15) is 9.59 Å². The van der Waals surface area contributed by atoms with Crippen molar-refractivity contribution in [2.45, 2.75) is 104 Å². The maximum absolute atomic E-state index is 12.3. The Labute approximate surface area is 188 Å². The maximum atomic E-state index is 12.3. The zero-order valence-corrected chi connectivity index (χ0v) is 20.6. The molecule has 1 aliphatic heterocycles. The largest absolute Gasteiger partial charge is 0.469 e. The number of ether oxygens (including phenoxy) is 3. The Bertz CT molecular complexity index is 738. The van der Waals surface area contributed by atoms with E-state index in [0.29, 0.717) is 12.3 Å².